The summed E-state index contributed by atoms with van der Waals surface area (Å²) in [6.45, 7) is 4.51. The van der Waals surface area contributed by atoms with Crippen LogP contribution in [0.5, 0.6) is 0 Å². The molecule has 2 aliphatic heterocycles. The quantitative estimate of drug-likeness (QED) is 0.694. The number of nitrogens with one attached hydrogen (secondary N) is 1. The van der Waals surface area contributed by atoms with Gasteiger partial charge in [-0.15, -0.1) is 11.3 Å². The third-order valence-corrected chi connectivity index (χ3v) is 6.13. The van der Waals surface area contributed by atoms with Crippen LogP contribution in [0.2, 0.25) is 0 Å². The minimum absolute atomic E-state index is 0.112. The number of rotatable bonds is 6. The number of ether oxygens (including phenoxy) is 2. The van der Waals surface area contributed by atoms with Crippen LogP contribution in [0.4, 0.5) is 0 Å². The molecule has 0 bridgehead atoms. The third-order valence-electron chi connectivity index (χ3n) is 5.19. The van der Waals surface area contributed by atoms with Crippen LogP contribution in [0.15, 0.2) is 17.5 Å². The maximum atomic E-state index is 13.3. The number of hydrogen-bond donors (Lipinski definition) is 1. The van der Waals surface area contributed by atoms with E-state index in [1.54, 1.807) is 16.7 Å². The lowest BCUT2D eigenvalue weighted by Crippen LogP contribution is -2.54. The van der Waals surface area contributed by atoms with Crippen molar-refractivity contribution in [2.75, 3.05) is 46.5 Å². The van der Waals surface area contributed by atoms with Gasteiger partial charge in [0.15, 0.2) is 0 Å². The summed E-state index contributed by atoms with van der Waals surface area (Å²) in [6, 6.07) is 2.57. The van der Waals surface area contributed by atoms with Crippen LogP contribution >= 0.6 is 11.3 Å². The lowest BCUT2D eigenvalue weighted by Gasteiger charge is -2.34. The highest BCUT2D eigenvalue weighted by Crippen LogP contribution is 2.44. The highest BCUT2D eigenvalue weighted by atomic mass is 32.1. The van der Waals surface area contributed by atoms with Gasteiger partial charge < -0.3 is 24.6 Å². The minimum atomic E-state index is -0.692. The highest BCUT2D eigenvalue weighted by Gasteiger charge is 2.52. The van der Waals surface area contributed by atoms with Crippen molar-refractivity contribution < 1.29 is 23.9 Å². The van der Waals surface area contributed by atoms with Crippen LogP contribution in [0.3, 0.4) is 0 Å². The van der Waals surface area contributed by atoms with Crippen molar-refractivity contribution in [2.45, 2.75) is 25.4 Å². The van der Waals surface area contributed by atoms with E-state index in [2.05, 4.69) is 5.32 Å². The second-order valence-corrected chi connectivity index (χ2v) is 7.86. The van der Waals surface area contributed by atoms with Crippen LogP contribution in [0.25, 0.3) is 0 Å². The molecule has 1 N–H and O–H groups in total. The smallest absolute Gasteiger partial charge is 0.311 e. The van der Waals surface area contributed by atoms with Crippen LogP contribution in [-0.2, 0) is 23.9 Å². The molecule has 0 spiro atoms. The first-order valence-corrected chi connectivity index (χ1v) is 10.5. The Morgan fingerprint density at radius 3 is 2.64 bits per heavy atom. The number of likely N-dealkylation sites (tertiary alicyclic amines) is 1. The van der Waals surface area contributed by atoms with Gasteiger partial charge in [-0.3, -0.25) is 14.4 Å². The molecule has 3 heterocycles. The topological polar surface area (TPSA) is 88.2 Å². The number of hydrogen-bond acceptors (Lipinski definition) is 7. The van der Waals surface area contributed by atoms with Crippen molar-refractivity contribution >= 4 is 29.1 Å². The summed E-state index contributed by atoms with van der Waals surface area (Å²) in [5, 5.41) is 5.13. The summed E-state index contributed by atoms with van der Waals surface area (Å²) in [6.07, 6.45) is 0.264. The van der Waals surface area contributed by atoms with Crippen molar-refractivity contribution in [3.8, 4) is 0 Å². The molecule has 28 heavy (non-hydrogen) atoms. The van der Waals surface area contributed by atoms with Gasteiger partial charge in [0.25, 0.3) is 0 Å². The molecule has 0 radical (unpaired) electrons. The van der Waals surface area contributed by atoms with Crippen LogP contribution in [0.1, 0.15) is 24.3 Å². The molecule has 1 aromatic rings. The van der Waals surface area contributed by atoms with E-state index in [4.69, 9.17) is 9.47 Å². The Morgan fingerprint density at radius 1 is 1.29 bits per heavy atom. The Morgan fingerprint density at radius 2 is 2.04 bits per heavy atom. The predicted molar refractivity (Wildman–Crippen MR) is 104 cm³/mol. The second kappa shape index (κ2) is 9.49. The molecule has 3 atom stereocenters. The summed E-state index contributed by atoms with van der Waals surface area (Å²) < 4.78 is 10.3. The van der Waals surface area contributed by atoms with Gasteiger partial charge in [-0.05, 0) is 24.8 Å². The van der Waals surface area contributed by atoms with Crippen molar-refractivity contribution in [3.05, 3.63) is 22.4 Å². The lowest BCUT2D eigenvalue weighted by atomic mass is 9.97. The van der Waals surface area contributed by atoms with E-state index in [0.717, 1.165) is 18.0 Å². The minimum Gasteiger partial charge on any atom is -0.466 e. The van der Waals surface area contributed by atoms with E-state index in [1.807, 2.05) is 17.5 Å². The molecular weight excluding hydrogens is 382 g/mol. The van der Waals surface area contributed by atoms with E-state index in [0.29, 0.717) is 13.1 Å². The van der Waals surface area contributed by atoms with Gasteiger partial charge in [-0.1, -0.05) is 6.07 Å². The zero-order valence-corrected chi connectivity index (χ0v) is 17.1. The summed E-state index contributed by atoms with van der Waals surface area (Å²) in [4.78, 5) is 43.1. The van der Waals surface area contributed by atoms with Crippen LogP contribution in [0, 0.1) is 5.92 Å². The van der Waals surface area contributed by atoms with Crippen LogP contribution in [-0.4, -0.2) is 80.1 Å². The van der Waals surface area contributed by atoms with Crippen molar-refractivity contribution in [1.29, 1.82) is 0 Å². The molecule has 2 amide bonds. The monoisotopic (exact) mass is 409 g/mol. The second-order valence-electron chi connectivity index (χ2n) is 6.88. The van der Waals surface area contributed by atoms with E-state index >= 15 is 0 Å². The average molecular weight is 410 g/mol. The van der Waals surface area contributed by atoms with Crippen LogP contribution < -0.4 is 5.32 Å². The van der Waals surface area contributed by atoms with Crippen molar-refractivity contribution in [1.82, 2.24) is 15.1 Å². The fourth-order valence-corrected chi connectivity index (χ4v) is 4.87. The number of esters is 1. The number of nitrogens with zero attached hydrogens (tertiary/aromatic N) is 2. The largest absolute Gasteiger partial charge is 0.466 e. The van der Waals surface area contributed by atoms with Gasteiger partial charge in [-0.25, -0.2) is 0 Å². The number of carbonyl (C=O) groups excluding carboxylic acids is 3. The molecule has 1 aromatic heterocycles. The molecule has 3 rings (SSSR count). The Labute approximate surface area is 168 Å². The molecule has 0 saturated carbocycles. The fourth-order valence-electron chi connectivity index (χ4n) is 3.98. The molecule has 154 valence electrons. The number of piperazine rings is 1. The molecule has 0 aliphatic carbocycles. The number of thiophene rings is 1. The Bertz CT molecular complexity index is 690. The Balaban J connectivity index is 1.95. The van der Waals surface area contributed by atoms with E-state index in [9.17, 15) is 14.4 Å². The zero-order chi connectivity index (χ0) is 20.1. The van der Waals surface area contributed by atoms with Gasteiger partial charge in [0.05, 0.1) is 18.6 Å². The maximum absolute atomic E-state index is 13.3. The first kappa shape index (κ1) is 20.8. The lowest BCUT2D eigenvalue weighted by molar-refractivity contribution is -0.151. The van der Waals surface area contributed by atoms with Gasteiger partial charge in [0.1, 0.15) is 12.6 Å². The molecule has 2 fully saturated rings. The third kappa shape index (κ3) is 4.21. The molecule has 2 saturated heterocycles. The van der Waals surface area contributed by atoms with E-state index in [-0.39, 0.29) is 37.4 Å². The first-order valence-electron chi connectivity index (χ1n) is 9.58. The molecule has 9 heteroatoms. The average Bonchev–Trinajstić information content (AvgIpc) is 3.36. The normalized spacial score (nSPS) is 25.0. The van der Waals surface area contributed by atoms with Crippen molar-refractivity contribution in [2.24, 2.45) is 5.92 Å². The van der Waals surface area contributed by atoms with E-state index in [1.165, 1.54) is 18.4 Å². The van der Waals surface area contributed by atoms with Crippen molar-refractivity contribution in [3.63, 3.8) is 0 Å². The summed E-state index contributed by atoms with van der Waals surface area (Å²) in [7, 11) is 1.45. The standard InChI is InChI=1S/C19H27N3O5S/c1-3-27-19(25)13-11-14(18(24)21-8-6-20-7-9-21)22(16(23)12-26-2)17(13)15-5-4-10-28-15/h4-5,10,13-14,17,20H,3,6-9,11-12H2,1-2H3. The van der Waals surface area contributed by atoms with Gasteiger partial charge in [0.2, 0.25) is 11.8 Å². The molecule has 2 aliphatic rings. The van der Waals surface area contributed by atoms with E-state index < -0.39 is 18.0 Å². The van der Waals surface area contributed by atoms with Gasteiger partial charge in [-0.2, -0.15) is 0 Å². The molecule has 8 nitrogen and oxygen atoms in total. The van der Waals surface area contributed by atoms with Gasteiger partial charge >= 0.3 is 5.97 Å². The fraction of sp³-hybridized carbons (Fsp3) is 0.632. The predicted octanol–water partition coefficient (Wildman–Crippen LogP) is 0.648. The maximum Gasteiger partial charge on any atom is 0.311 e. The number of methoxy groups -OCH3 is 1. The first-order chi connectivity index (χ1) is 13.6. The number of amides is 2. The summed E-state index contributed by atoms with van der Waals surface area (Å²) in [5.41, 5.74) is 0. The SMILES string of the molecule is CCOC(=O)C1CC(C(=O)N2CCNCC2)N(C(=O)COC)C1c1cccs1. The highest BCUT2D eigenvalue weighted by molar-refractivity contribution is 7.10. The summed E-state index contributed by atoms with van der Waals surface area (Å²) in [5.74, 6) is -1.34. The Kier molecular flexibility index (Phi) is 7.03. The molecular formula is C19H27N3O5S. The summed E-state index contributed by atoms with van der Waals surface area (Å²) >= 11 is 1.47. The molecule has 0 aromatic carbocycles. The van der Waals surface area contributed by atoms with Gasteiger partial charge in [0, 0.05) is 38.2 Å². The molecule has 3 unspecified atom stereocenters. The zero-order valence-electron chi connectivity index (χ0n) is 16.3. The number of carbonyl (C=O) groups is 3. The Hall–Kier alpha value is -1.97.